The van der Waals surface area contributed by atoms with Crippen LogP contribution in [0.2, 0.25) is 0 Å². The van der Waals surface area contributed by atoms with Crippen LogP contribution in [0.4, 0.5) is 34.1 Å². The minimum atomic E-state index is 0.152. The molecule has 13 fully saturated rings. The Hall–Kier alpha value is -6.21. The molecule has 12 unspecified atom stereocenters. The van der Waals surface area contributed by atoms with Gasteiger partial charge in [-0.25, -0.2) is 0 Å². The third kappa shape index (κ3) is 17.0. The van der Waals surface area contributed by atoms with E-state index in [-0.39, 0.29) is 5.78 Å². The summed E-state index contributed by atoms with van der Waals surface area (Å²) in [4.78, 5) is 27.0. The van der Waals surface area contributed by atoms with Gasteiger partial charge in [0, 0.05) is 118 Å². The molecule has 6 saturated heterocycles. The molecule has 0 N–H and O–H groups in total. The number of ketones is 1. The predicted molar refractivity (Wildman–Crippen MR) is 472 cm³/mol. The SMILES string of the molecule is CC(=O)c1cccc(N2CC3C(C2)C3C(C)(C)C)c1.CC(C)(C)C1C2CN(c3ccc4c(c3)CCC4)CC21.CC(C)(C)C1C2CN(c3ccc4c(c3)CCCC4)CC21.CC(C)(C)C1C2CN(c3cccc(C4CC4)c3)CC21.Cc1cccc(N2CC3C(C2)C3C(C)(C)C)c1.Cc1cccc(N2CC3C(C2)C3C(C)(C)C)c1. The molecule has 6 aromatic carbocycles. The Morgan fingerprint density at radius 3 is 0.820 bits per heavy atom. The van der Waals surface area contributed by atoms with Crippen molar-refractivity contribution in [3.05, 3.63) is 178 Å². The molecule has 7 nitrogen and oxygen atoms in total. The van der Waals surface area contributed by atoms with E-state index in [4.69, 9.17) is 0 Å². The van der Waals surface area contributed by atoms with Crippen LogP contribution in [0.3, 0.4) is 0 Å². The summed E-state index contributed by atoms with van der Waals surface area (Å²) in [6.07, 6.45) is 12.1. The molecule has 0 aromatic heterocycles. The molecule has 0 bridgehead atoms. The van der Waals surface area contributed by atoms with Crippen molar-refractivity contribution in [3.63, 3.8) is 0 Å². The standard InChI is InChI=1S/C19H27N.2C18H25N.C17H23NO.2C16H23N/c1-19(2,3)18-16-11-20(12-17(16)18)15-9-8-13-6-4-5-7-14(13)10-15;1-18(2,3)17-15-10-19(11-16(15)17)14-6-4-5-13(9-14)12-7-8-12;1-18(2,3)17-15-10-19(11-16(15)17)14-8-7-12-5-4-6-13(12)9-14;1-11(19)12-6-5-7-13(8-12)18-9-14-15(10-18)16(14)17(2,3)4;2*1-11-6-5-7-12(8-11)17-9-13-14(10-17)15(13)16(2,3)4/h8-10,16-18H,4-7,11-12H2,1-3H3;4-6,9,12,15-17H,7-8,10-11H2,1-3H3;7-9,15-17H,4-6,10-11H2,1-3H3;5-8,14-16H,9-10H2,1-4H3;2*5-8,13-15H,9-10H2,1-4H3. The van der Waals surface area contributed by atoms with E-state index in [0.29, 0.717) is 32.5 Å². The minimum absolute atomic E-state index is 0.152. The summed E-state index contributed by atoms with van der Waals surface area (Å²) in [6.45, 7) is 64.3. The van der Waals surface area contributed by atoms with Crippen molar-refractivity contribution in [1.29, 1.82) is 0 Å². The van der Waals surface area contributed by atoms with Gasteiger partial charge in [-0.05, 0) is 335 Å². The van der Waals surface area contributed by atoms with Gasteiger partial charge in [0.05, 0.1) is 0 Å². The lowest BCUT2D eigenvalue weighted by Gasteiger charge is -2.28. The molecule has 7 saturated carbocycles. The predicted octanol–water partition coefficient (Wildman–Crippen LogP) is 23.6. The fraction of sp³-hybridized carbons (Fsp3) is 0.644. The number of piperidine rings is 6. The second-order valence-electron chi connectivity index (χ2n) is 45.4. The average molecular weight is 1500 g/mol. The Bertz CT molecular complexity index is 4170. The number of hydrogen-bond donors (Lipinski definition) is 0. The fourth-order valence-electron chi connectivity index (χ4n) is 25.8. The Balaban J connectivity index is 0.000000101. The lowest BCUT2D eigenvalue weighted by atomic mass is 9.87. The number of carbonyl (C=O) groups excluding carboxylic acids is 1. The van der Waals surface area contributed by atoms with E-state index in [9.17, 15) is 4.79 Å². The van der Waals surface area contributed by atoms with Crippen molar-refractivity contribution in [2.24, 2.45) is 139 Å². The van der Waals surface area contributed by atoms with E-state index in [2.05, 4.69) is 283 Å². The molecule has 7 heteroatoms. The van der Waals surface area contributed by atoms with E-state index >= 15 is 0 Å². The first-order chi connectivity index (χ1) is 52.4. The van der Waals surface area contributed by atoms with Crippen LogP contribution in [0.5, 0.6) is 0 Å². The van der Waals surface area contributed by atoms with Crippen LogP contribution in [-0.2, 0) is 25.7 Å². The Labute approximate surface area is 674 Å². The third-order valence-electron chi connectivity index (χ3n) is 30.9. The maximum atomic E-state index is 11.5. The van der Waals surface area contributed by atoms with Gasteiger partial charge >= 0.3 is 0 Å². The molecule has 0 amide bonds. The fourth-order valence-corrected chi connectivity index (χ4v) is 25.8. The number of Topliss-reactive ketones (excluding diaryl/α,β-unsaturated/α-hetero) is 1. The lowest BCUT2D eigenvalue weighted by Crippen LogP contribution is -2.27. The number of hydrogen-bond acceptors (Lipinski definition) is 7. The van der Waals surface area contributed by atoms with Crippen LogP contribution in [-0.4, -0.2) is 84.3 Å². The van der Waals surface area contributed by atoms with E-state index in [1.165, 1.54) is 168 Å². The summed E-state index contributed by atoms with van der Waals surface area (Å²) >= 11 is 0. The summed E-state index contributed by atoms with van der Waals surface area (Å²) < 4.78 is 0. The number of anilines is 6. The highest BCUT2D eigenvalue weighted by atomic mass is 16.1. The van der Waals surface area contributed by atoms with E-state index in [1.807, 2.05) is 18.2 Å². The second-order valence-corrected chi connectivity index (χ2v) is 45.4. The average Bonchev–Trinajstić information content (AvgIpc) is 1.61. The second kappa shape index (κ2) is 29.5. The lowest BCUT2D eigenvalue weighted by molar-refractivity contribution is 0.101. The first kappa shape index (κ1) is 78.7. The van der Waals surface area contributed by atoms with Crippen molar-refractivity contribution in [2.45, 2.75) is 209 Å². The molecule has 111 heavy (non-hydrogen) atoms. The molecule has 0 spiro atoms. The molecule has 0 radical (unpaired) electrons. The first-order valence-corrected chi connectivity index (χ1v) is 45.0. The zero-order valence-electron chi connectivity index (χ0n) is 73.1. The van der Waals surface area contributed by atoms with E-state index in [1.54, 1.807) is 34.7 Å². The van der Waals surface area contributed by atoms with Crippen LogP contribution >= 0.6 is 0 Å². The molecule has 598 valence electrons. The highest BCUT2D eigenvalue weighted by Gasteiger charge is 2.64. The number of aryl methyl sites for hydroxylation is 6. The molecule has 21 rings (SSSR count). The molecule has 9 aliphatic carbocycles. The zero-order chi connectivity index (χ0) is 78.5. The summed E-state index contributed by atoms with van der Waals surface area (Å²) in [7, 11) is 0. The number of fused-ring (bicyclic) bond motifs is 8. The molecule has 6 aromatic rings. The summed E-state index contributed by atoms with van der Waals surface area (Å²) in [6, 6.07) is 49.7. The van der Waals surface area contributed by atoms with Gasteiger partial charge in [0.15, 0.2) is 5.78 Å². The highest BCUT2D eigenvalue weighted by molar-refractivity contribution is 5.95. The minimum Gasteiger partial charge on any atom is -0.371 e. The van der Waals surface area contributed by atoms with E-state index < -0.39 is 0 Å². The molecule has 15 aliphatic rings. The number of benzene rings is 6. The van der Waals surface area contributed by atoms with Gasteiger partial charge in [-0.2, -0.15) is 0 Å². The Morgan fingerprint density at radius 1 is 0.279 bits per heavy atom. The van der Waals surface area contributed by atoms with Gasteiger partial charge in [0.1, 0.15) is 0 Å². The van der Waals surface area contributed by atoms with Crippen LogP contribution in [0.15, 0.2) is 133 Å². The van der Waals surface area contributed by atoms with Gasteiger partial charge in [0.2, 0.25) is 0 Å². The van der Waals surface area contributed by atoms with Crippen molar-refractivity contribution < 1.29 is 4.79 Å². The summed E-state index contributed by atoms with van der Waals surface area (Å²) in [5.41, 5.74) is 23.1. The van der Waals surface area contributed by atoms with E-state index in [0.717, 1.165) is 131 Å². The Morgan fingerprint density at radius 2 is 0.532 bits per heavy atom. The number of carbonyl (C=O) groups is 1. The molecule has 6 heterocycles. The maximum Gasteiger partial charge on any atom is 0.159 e. The monoisotopic (exact) mass is 1500 g/mol. The van der Waals surface area contributed by atoms with Crippen LogP contribution < -0.4 is 29.4 Å². The van der Waals surface area contributed by atoms with Crippen molar-refractivity contribution >= 4 is 39.9 Å². The summed E-state index contributed by atoms with van der Waals surface area (Å²) in [5.74, 6) is 18.1. The third-order valence-corrected chi connectivity index (χ3v) is 30.9. The van der Waals surface area contributed by atoms with Crippen LogP contribution in [0.25, 0.3) is 0 Å². The normalized spacial score (nSPS) is 31.7. The smallest absolute Gasteiger partial charge is 0.159 e. The van der Waals surface area contributed by atoms with Crippen LogP contribution in [0, 0.1) is 153 Å². The Kier molecular flexibility index (Phi) is 20.9. The zero-order valence-corrected chi connectivity index (χ0v) is 73.1. The quantitative estimate of drug-likeness (QED) is 0.141. The maximum absolute atomic E-state index is 11.5. The van der Waals surface area contributed by atoms with Crippen molar-refractivity contribution in [2.75, 3.05) is 108 Å². The van der Waals surface area contributed by atoms with Gasteiger partial charge in [-0.1, -0.05) is 185 Å². The van der Waals surface area contributed by atoms with Crippen LogP contribution in [0.1, 0.15) is 219 Å². The number of nitrogens with zero attached hydrogens (tertiary/aromatic N) is 6. The van der Waals surface area contributed by atoms with Gasteiger partial charge < -0.3 is 29.4 Å². The topological polar surface area (TPSA) is 36.5 Å². The molecular formula is C104H146N6O. The number of rotatable bonds is 8. The first-order valence-electron chi connectivity index (χ1n) is 45.0. The molecule has 12 atom stereocenters. The van der Waals surface area contributed by atoms with Gasteiger partial charge in [0.25, 0.3) is 0 Å². The van der Waals surface area contributed by atoms with Crippen molar-refractivity contribution in [3.8, 4) is 0 Å². The molecular weight excluding hydrogens is 1350 g/mol. The van der Waals surface area contributed by atoms with Gasteiger partial charge in [-0.3, -0.25) is 4.79 Å². The largest absolute Gasteiger partial charge is 0.371 e. The highest BCUT2D eigenvalue weighted by Crippen LogP contribution is 2.65. The van der Waals surface area contributed by atoms with Gasteiger partial charge in [-0.15, -0.1) is 0 Å². The van der Waals surface area contributed by atoms with Crippen molar-refractivity contribution in [1.82, 2.24) is 0 Å². The summed E-state index contributed by atoms with van der Waals surface area (Å²) in [5, 5.41) is 0. The molecule has 6 aliphatic heterocycles.